The summed E-state index contributed by atoms with van der Waals surface area (Å²) >= 11 is 0. The normalized spacial score (nSPS) is 22.0. The summed E-state index contributed by atoms with van der Waals surface area (Å²) in [5.41, 5.74) is 2.98. The minimum Gasteiger partial charge on any atom is -0.378 e. The van der Waals surface area contributed by atoms with Crippen molar-refractivity contribution in [2.75, 3.05) is 50.9 Å². The lowest BCUT2D eigenvalue weighted by Gasteiger charge is -2.35. The van der Waals surface area contributed by atoms with Crippen molar-refractivity contribution in [3.63, 3.8) is 0 Å². The number of morpholine rings is 2. The third kappa shape index (κ3) is 4.24. The number of aryl methyl sites for hydroxylation is 1. The Morgan fingerprint density at radius 1 is 1.11 bits per heavy atom. The minimum absolute atomic E-state index is 0.0806. The fraction of sp³-hybridized carbons (Fsp3) is 0.550. The van der Waals surface area contributed by atoms with Crippen molar-refractivity contribution >= 4 is 16.7 Å². The van der Waals surface area contributed by atoms with Gasteiger partial charge < -0.3 is 14.4 Å². The first-order valence-corrected chi connectivity index (χ1v) is 9.54. The summed E-state index contributed by atoms with van der Waals surface area (Å²) in [5, 5.41) is 0.998. The van der Waals surface area contributed by atoms with Crippen LogP contribution in [0.3, 0.4) is 0 Å². The van der Waals surface area contributed by atoms with E-state index in [0.717, 1.165) is 40.9 Å². The number of nitrogens with zero attached hydrogens (tertiary/aromatic N) is 3. The highest BCUT2D eigenvalue weighted by atomic mass is 19.4. The molecular formula is C20H24F3N3O2. The number of fused-ring (bicyclic) bond motifs is 1. The van der Waals surface area contributed by atoms with Gasteiger partial charge in [0, 0.05) is 43.7 Å². The van der Waals surface area contributed by atoms with Gasteiger partial charge in [-0.2, -0.15) is 13.2 Å². The molecule has 0 N–H and O–H groups in total. The van der Waals surface area contributed by atoms with Crippen molar-refractivity contribution in [1.82, 2.24) is 9.88 Å². The average Bonchev–Trinajstić information content (AvgIpc) is 2.68. The molecule has 2 fully saturated rings. The molecular weight excluding hydrogens is 371 g/mol. The molecule has 2 aliphatic rings. The number of hydrogen-bond donors (Lipinski definition) is 0. The van der Waals surface area contributed by atoms with E-state index < -0.39 is 12.3 Å². The van der Waals surface area contributed by atoms with Crippen LogP contribution >= 0.6 is 0 Å². The van der Waals surface area contributed by atoms with Gasteiger partial charge in [-0.1, -0.05) is 12.1 Å². The van der Waals surface area contributed by atoms with Crippen LogP contribution in [-0.2, 0) is 16.0 Å². The van der Waals surface area contributed by atoms with Crippen molar-refractivity contribution in [1.29, 1.82) is 0 Å². The van der Waals surface area contributed by atoms with E-state index in [1.54, 1.807) is 0 Å². The largest absolute Gasteiger partial charge is 0.415 e. The van der Waals surface area contributed by atoms with Crippen molar-refractivity contribution in [2.24, 2.45) is 0 Å². The van der Waals surface area contributed by atoms with Crippen LogP contribution in [0.4, 0.5) is 19.0 Å². The highest BCUT2D eigenvalue weighted by Gasteiger charge is 2.43. The molecule has 0 spiro atoms. The molecule has 1 aromatic carbocycles. The Hall–Kier alpha value is -1.90. The Bertz CT molecular complexity index is 837. The van der Waals surface area contributed by atoms with Gasteiger partial charge in [0.1, 0.15) is 5.82 Å². The fourth-order valence-electron chi connectivity index (χ4n) is 3.76. The molecule has 3 heterocycles. The van der Waals surface area contributed by atoms with Gasteiger partial charge in [0.05, 0.1) is 25.3 Å². The van der Waals surface area contributed by atoms with Gasteiger partial charge in [0.25, 0.3) is 0 Å². The molecule has 0 bridgehead atoms. The van der Waals surface area contributed by atoms with Gasteiger partial charge in [-0.15, -0.1) is 0 Å². The highest BCUT2D eigenvalue weighted by Crippen LogP contribution is 2.29. The maximum absolute atomic E-state index is 13.1. The molecule has 5 nitrogen and oxygen atoms in total. The number of halogens is 3. The van der Waals surface area contributed by atoms with Gasteiger partial charge in [-0.3, -0.25) is 4.90 Å². The van der Waals surface area contributed by atoms with Crippen LogP contribution in [0.15, 0.2) is 24.3 Å². The summed E-state index contributed by atoms with van der Waals surface area (Å²) in [6.07, 6.45) is -6.07. The first kappa shape index (κ1) is 19.4. The molecule has 1 aromatic heterocycles. The highest BCUT2D eigenvalue weighted by molar-refractivity contribution is 5.82. The van der Waals surface area contributed by atoms with E-state index in [1.165, 1.54) is 0 Å². The molecule has 0 saturated carbocycles. The van der Waals surface area contributed by atoms with Gasteiger partial charge in [-0.05, 0) is 24.6 Å². The van der Waals surface area contributed by atoms with E-state index in [2.05, 4.69) is 11.0 Å². The first-order valence-electron chi connectivity index (χ1n) is 9.54. The fourth-order valence-corrected chi connectivity index (χ4v) is 3.76. The first-order chi connectivity index (χ1) is 13.4. The molecule has 0 aliphatic carbocycles. The molecule has 2 saturated heterocycles. The number of pyridine rings is 1. The van der Waals surface area contributed by atoms with E-state index in [0.29, 0.717) is 26.3 Å². The SMILES string of the molecule is Cc1ccc2cc(CN3CCO[C@@H](C(F)(F)F)C3)c(N3CCOCC3)nc2c1. The van der Waals surface area contributed by atoms with Crippen LogP contribution in [0.5, 0.6) is 0 Å². The zero-order chi connectivity index (χ0) is 19.7. The summed E-state index contributed by atoms with van der Waals surface area (Å²) in [4.78, 5) is 8.86. The number of alkyl halides is 3. The third-order valence-electron chi connectivity index (χ3n) is 5.25. The second-order valence-corrected chi connectivity index (χ2v) is 7.40. The number of aromatic nitrogens is 1. The van der Waals surface area contributed by atoms with E-state index in [-0.39, 0.29) is 13.2 Å². The van der Waals surface area contributed by atoms with Gasteiger partial charge >= 0.3 is 6.18 Å². The maximum Gasteiger partial charge on any atom is 0.415 e. The van der Waals surface area contributed by atoms with Crippen LogP contribution in [0.1, 0.15) is 11.1 Å². The summed E-state index contributed by atoms with van der Waals surface area (Å²) < 4.78 is 49.6. The number of benzene rings is 1. The van der Waals surface area contributed by atoms with Crippen LogP contribution in [0.2, 0.25) is 0 Å². The number of hydrogen-bond acceptors (Lipinski definition) is 5. The second kappa shape index (κ2) is 7.85. The van der Waals surface area contributed by atoms with E-state index in [1.807, 2.05) is 30.0 Å². The third-order valence-corrected chi connectivity index (χ3v) is 5.25. The summed E-state index contributed by atoms with van der Waals surface area (Å²) in [7, 11) is 0. The standard InChI is InChI=1S/C20H24F3N3O2/c1-14-2-3-15-11-16(12-25-4-9-28-18(13-25)20(21,22)23)19(24-17(15)10-14)26-5-7-27-8-6-26/h2-3,10-11,18H,4-9,12-13H2,1H3/t18-/m1/s1. The lowest BCUT2D eigenvalue weighted by Crippen LogP contribution is -2.48. The Labute approximate surface area is 162 Å². The monoisotopic (exact) mass is 395 g/mol. The summed E-state index contributed by atoms with van der Waals surface area (Å²) in [5.74, 6) is 0.844. The second-order valence-electron chi connectivity index (χ2n) is 7.40. The van der Waals surface area contributed by atoms with E-state index >= 15 is 0 Å². The molecule has 0 radical (unpaired) electrons. The van der Waals surface area contributed by atoms with Crippen molar-refractivity contribution in [3.05, 3.63) is 35.4 Å². The maximum atomic E-state index is 13.1. The number of ether oxygens (including phenoxy) is 2. The van der Waals surface area contributed by atoms with Crippen LogP contribution in [0.25, 0.3) is 10.9 Å². The van der Waals surface area contributed by atoms with Crippen LogP contribution < -0.4 is 4.90 Å². The lowest BCUT2D eigenvalue weighted by molar-refractivity contribution is -0.237. The summed E-state index contributed by atoms with van der Waals surface area (Å²) in [6.45, 7) is 5.54. The van der Waals surface area contributed by atoms with Crippen LogP contribution in [-0.4, -0.2) is 68.2 Å². The molecule has 0 unspecified atom stereocenters. The van der Waals surface area contributed by atoms with Crippen molar-refractivity contribution in [2.45, 2.75) is 25.7 Å². The Morgan fingerprint density at radius 3 is 2.64 bits per heavy atom. The zero-order valence-corrected chi connectivity index (χ0v) is 15.8. The molecule has 1 atom stereocenters. The summed E-state index contributed by atoms with van der Waals surface area (Å²) in [6, 6.07) is 8.14. The topological polar surface area (TPSA) is 37.8 Å². The molecule has 4 rings (SSSR count). The quantitative estimate of drug-likeness (QED) is 0.798. The van der Waals surface area contributed by atoms with Crippen molar-refractivity contribution < 1.29 is 22.6 Å². The minimum atomic E-state index is -4.34. The van der Waals surface area contributed by atoms with Crippen LogP contribution in [0, 0.1) is 6.92 Å². The van der Waals surface area contributed by atoms with E-state index in [4.69, 9.17) is 14.5 Å². The molecule has 152 valence electrons. The molecule has 2 aromatic rings. The average molecular weight is 395 g/mol. The van der Waals surface area contributed by atoms with E-state index in [9.17, 15) is 13.2 Å². The molecule has 8 heteroatoms. The predicted molar refractivity (Wildman–Crippen MR) is 101 cm³/mol. The van der Waals surface area contributed by atoms with Gasteiger partial charge in [0.15, 0.2) is 6.10 Å². The Morgan fingerprint density at radius 2 is 1.89 bits per heavy atom. The number of anilines is 1. The molecule has 28 heavy (non-hydrogen) atoms. The number of rotatable bonds is 3. The Kier molecular flexibility index (Phi) is 5.44. The van der Waals surface area contributed by atoms with Crippen molar-refractivity contribution in [3.8, 4) is 0 Å². The van der Waals surface area contributed by atoms with Gasteiger partial charge in [-0.25, -0.2) is 4.98 Å². The predicted octanol–water partition coefficient (Wildman–Crippen LogP) is 3.14. The Balaban J connectivity index is 1.65. The molecule has 2 aliphatic heterocycles. The smallest absolute Gasteiger partial charge is 0.378 e. The van der Waals surface area contributed by atoms with Gasteiger partial charge in [0.2, 0.25) is 0 Å². The molecule has 0 amide bonds. The lowest BCUT2D eigenvalue weighted by atomic mass is 10.1. The zero-order valence-electron chi connectivity index (χ0n) is 15.8.